The summed E-state index contributed by atoms with van der Waals surface area (Å²) in [5, 5.41) is 0. The Hall–Kier alpha value is 2.39. The summed E-state index contributed by atoms with van der Waals surface area (Å²) in [4.78, 5) is 0. The number of halogens is 2. The van der Waals surface area contributed by atoms with Crippen LogP contribution in [0.4, 0.5) is 0 Å². The molecule has 0 rings (SSSR count). The van der Waals surface area contributed by atoms with Gasteiger partial charge in [0, 0.05) is 0 Å². The monoisotopic (exact) mass is 240 g/mol. The molecule has 0 saturated heterocycles. The summed E-state index contributed by atoms with van der Waals surface area (Å²) >= 11 is 11.7. The number of unbranched alkanes of at least 4 members (excludes halogenated alkanes) is 2. The summed E-state index contributed by atoms with van der Waals surface area (Å²) < 4.78 is 0. The zero-order chi connectivity index (χ0) is 7.33. The second kappa shape index (κ2) is 10.5. The molecule has 0 bridgehead atoms. The Morgan fingerprint density at radius 2 is 1.64 bits per heavy atom. The van der Waals surface area contributed by atoms with Gasteiger partial charge in [0.15, 0.2) is 0 Å². The summed E-state index contributed by atoms with van der Waals surface area (Å²) in [5.41, 5.74) is 0. The normalized spacial score (nSPS) is 9.82. The van der Waals surface area contributed by atoms with Gasteiger partial charge in [0.2, 0.25) is 6.69 Å². The van der Waals surface area contributed by atoms with Crippen molar-refractivity contribution < 1.29 is 56.9 Å². The predicted molar refractivity (Wildman–Crippen MR) is 49.6 cm³/mol. The van der Waals surface area contributed by atoms with E-state index in [9.17, 15) is 0 Å². The zero-order valence-electron chi connectivity index (χ0n) is 7.53. The molecule has 64 valence electrons. The van der Waals surface area contributed by atoms with E-state index in [0.29, 0.717) is 0 Å². The molecule has 5 heteroatoms. The maximum Gasteiger partial charge on any atom is 1.00 e. The van der Waals surface area contributed by atoms with Crippen LogP contribution in [0.2, 0.25) is 12.6 Å². The summed E-state index contributed by atoms with van der Waals surface area (Å²) in [7, 11) is 0. The molecular weight excluding hydrogens is 226 g/mol. The molecule has 0 atom stereocenters. The van der Waals surface area contributed by atoms with Crippen LogP contribution < -0.4 is 51.4 Å². The van der Waals surface area contributed by atoms with Crippen molar-refractivity contribution in [2.75, 3.05) is 0 Å². The Bertz CT molecular complexity index is 77.5. The van der Waals surface area contributed by atoms with Crippen LogP contribution in [0.1, 0.15) is 26.2 Å². The quantitative estimate of drug-likeness (QED) is 0.402. The summed E-state index contributed by atoms with van der Waals surface area (Å²) in [6.07, 6.45) is 3.71. The molecule has 0 spiro atoms. The molecule has 0 unspecified atom stereocenters. The Kier molecular flexibility index (Phi) is 18.1. The third kappa shape index (κ3) is 19.0. The fourth-order valence-corrected chi connectivity index (χ4v) is 2.36. The van der Waals surface area contributed by atoms with Gasteiger partial charge in [0.1, 0.15) is 0 Å². The van der Waals surface area contributed by atoms with Crippen LogP contribution in [0.25, 0.3) is 0 Å². The average molecular weight is 241 g/mol. The van der Waals surface area contributed by atoms with Gasteiger partial charge in [-0.05, 0) is 12.6 Å². The van der Waals surface area contributed by atoms with Crippen LogP contribution in [0.15, 0.2) is 0 Å². The second-order valence-electron chi connectivity index (χ2n) is 2.53. The van der Waals surface area contributed by atoms with Crippen molar-refractivity contribution in [3.8, 4) is 0 Å². The van der Waals surface area contributed by atoms with Gasteiger partial charge < -0.3 is 5.48 Å². The summed E-state index contributed by atoms with van der Waals surface area (Å²) in [6.45, 7) is 2.41. The van der Waals surface area contributed by atoms with Crippen molar-refractivity contribution in [2.45, 2.75) is 38.8 Å². The molecule has 1 N–H and O–H groups in total. The average Bonchev–Trinajstić information content (AvgIpc) is 1.63. The van der Waals surface area contributed by atoms with E-state index >= 15 is 0 Å². The first-order valence-electron chi connectivity index (χ1n) is 3.44. The van der Waals surface area contributed by atoms with Crippen molar-refractivity contribution >= 4 is 28.9 Å². The fourth-order valence-electron chi connectivity index (χ4n) is 0.685. The standard InChI is InChI=1S/C6H14Cl2Si.K.H2O/c1-3-4-5-6-9(2,7)8;;/h3-6H2,1-2H3;;1H2/q;+1;/p-1. The van der Waals surface area contributed by atoms with Crippen LogP contribution in [0.5, 0.6) is 0 Å². The van der Waals surface area contributed by atoms with Gasteiger partial charge in [-0.3, -0.25) is 0 Å². The zero-order valence-corrected chi connectivity index (χ0v) is 13.2. The minimum Gasteiger partial charge on any atom is -0.870 e. The minimum atomic E-state index is -1.75. The molecule has 0 amide bonds. The second-order valence-corrected chi connectivity index (χ2v) is 10.8. The molecule has 1 nitrogen and oxygen atoms in total. The van der Waals surface area contributed by atoms with Gasteiger partial charge in [0.05, 0.1) is 0 Å². The van der Waals surface area contributed by atoms with Gasteiger partial charge >= 0.3 is 51.4 Å². The van der Waals surface area contributed by atoms with E-state index in [1.54, 1.807) is 0 Å². The van der Waals surface area contributed by atoms with E-state index in [4.69, 9.17) is 22.2 Å². The first-order valence-corrected chi connectivity index (χ1v) is 8.17. The van der Waals surface area contributed by atoms with Gasteiger partial charge in [-0.2, -0.15) is 0 Å². The van der Waals surface area contributed by atoms with E-state index in [0.717, 1.165) is 6.04 Å². The van der Waals surface area contributed by atoms with Gasteiger partial charge in [-0.1, -0.05) is 26.2 Å². The Balaban J connectivity index is -0.000000320. The smallest absolute Gasteiger partial charge is 0.870 e. The largest absolute Gasteiger partial charge is 1.00 e. The predicted octanol–water partition coefficient (Wildman–Crippen LogP) is 0.553. The van der Waals surface area contributed by atoms with E-state index < -0.39 is 6.69 Å². The molecule has 0 aromatic rings. The molecule has 0 fully saturated rings. The van der Waals surface area contributed by atoms with Crippen molar-refractivity contribution in [1.29, 1.82) is 0 Å². The molecule has 0 aliphatic rings. The Morgan fingerprint density at radius 1 is 1.18 bits per heavy atom. The number of hydrogen-bond donors (Lipinski definition) is 0. The van der Waals surface area contributed by atoms with Crippen LogP contribution in [-0.2, 0) is 0 Å². The molecule has 11 heavy (non-hydrogen) atoms. The van der Waals surface area contributed by atoms with E-state index in [-0.39, 0.29) is 56.9 Å². The number of rotatable bonds is 4. The first-order chi connectivity index (χ1) is 4.06. The van der Waals surface area contributed by atoms with Crippen LogP contribution >= 0.6 is 22.2 Å². The van der Waals surface area contributed by atoms with Crippen molar-refractivity contribution in [3.05, 3.63) is 0 Å². The van der Waals surface area contributed by atoms with Gasteiger partial charge in [-0.25, -0.2) is 0 Å². The summed E-state index contributed by atoms with van der Waals surface area (Å²) in [5.74, 6) is 0. The molecular formula is C6H15Cl2KOSi. The van der Waals surface area contributed by atoms with Crippen molar-refractivity contribution in [1.82, 2.24) is 0 Å². The van der Waals surface area contributed by atoms with Crippen molar-refractivity contribution in [3.63, 3.8) is 0 Å². The molecule has 0 aliphatic heterocycles. The third-order valence-corrected chi connectivity index (χ3v) is 3.58. The molecule has 0 saturated carbocycles. The molecule has 0 aliphatic carbocycles. The third-order valence-electron chi connectivity index (χ3n) is 1.22. The van der Waals surface area contributed by atoms with Crippen LogP contribution in [0.3, 0.4) is 0 Å². The fraction of sp³-hybridized carbons (Fsp3) is 1.00. The van der Waals surface area contributed by atoms with E-state index in [1.807, 2.05) is 6.55 Å². The molecule has 0 radical (unpaired) electrons. The molecule has 0 aromatic heterocycles. The maximum absolute atomic E-state index is 5.87. The van der Waals surface area contributed by atoms with E-state index in [2.05, 4.69) is 6.92 Å². The van der Waals surface area contributed by atoms with Crippen LogP contribution in [-0.4, -0.2) is 12.2 Å². The topological polar surface area (TPSA) is 30.0 Å². The Labute approximate surface area is 122 Å². The van der Waals surface area contributed by atoms with Gasteiger partial charge in [0.25, 0.3) is 0 Å². The molecule has 0 heterocycles. The first kappa shape index (κ1) is 19.0. The summed E-state index contributed by atoms with van der Waals surface area (Å²) in [6, 6.07) is 1.05. The Morgan fingerprint density at radius 3 is 1.91 bits per heavy atom. The van der Waals surface area contributed by atoms with Crippen LogP contribution in [0, 0.1) is 0 Å². The maximum atomic E-state index is 5.87. The van der Waals surface area contributed by atoms with E-state index in [1.165, 1.54) is 19.3 Å². The minimum absolute atomic E-state index is 0. The van der Waals surface area contributed by atoms with Gasteiger partial charge in [-0.15, -0.1) is 22.2 Å². The molecule has 0 aromatic carbocycles. The number of hydrogen-bond acceptors (Lipinski definition) is 1. The SMILES string of the molecule is CCCCC[Si](C)(Cl)Cl.[K+].[OH-]. The van der Waals surface area contributed by atoms with Crippen molar-refractivity contribution in [2.24, 2.45) is 0 Å².